The molecule has 1 aromatic rings. The summed E-state index contributed by atoms with van der Waals surface area (Å²) in [5, 5.41) is 15.6. The largest absolute Gasteiger partial charge is 0.394 e. The monoisotopic (exact) mass is 268 g/mol. The van der Waals surface area contributed by atoms with Crippen LogP contribution in [-0.4, -0.2) is 42.0 Å². The molecule has 18 heavy (non-hydrogen) atoms. The normalized spacial score (nSPS) is 11.7. The minimum absolute atomic E-state index is 0.0640. The fourth-order valence-electron chi connectivity index (χ4n) is 1.40. The predicted octanol–water partition coefficient (Wildman–Crippen LogP) is 0.542. The molecule has 1 aromatic heterocycles. The summed E-state index contributed by atoms with van der Waals surface area (Å²) in [7, 11) is 1.52. The summed E-state index contributed by atoms with van der Waals surface area (Å²) >= 11 is 1.49. The van der Waals surface area contributed by atoms with Gasteiger partial charge in [-0.25, -0.2) is 0 Å². The summed E-state index contributed by atoms with van der Waals surface area (Å²) in [6.07, 6.45) is 1.15. The van der Waals surface area contributed by atoms with Crippen LogP contribution in [-0.2, 0) is 9.59 Å². The predicted molar refractivity (Wildman–Crippen MR) is 70.1 cm³/mol. The van der Waals surface area contributed by atoms with E-state index in [1.54, 1.807) is 0 Å². The van der Waals surface area contributed by atoms with E-state index in [1.165, 1.54) is 23.3 Å². The molecular formula is C12H16N2O3S. The number of rotatable bonds is 6. The molecule has 0 spiro atoms. The molecule has 1 rings (SSSR count). The number of aliphatic hydroxyl groups excluding tert-OH is 1. The first-order chi connectivity index (χ1) is 8.58. The molecule has 0 aliphatic carbocycles. The second-order valence-corrected chi connectivity index (χ2v) is 4.54. The van der Waals surface area contributed by atoms with Crippen LogP contribution in [0.1, 0.15) is 11.6 Å². The molecule has 0 aliphatic rings. The molecule has 0 saturated heterocycles. The van der Waals surface area contributed by atoms with Crippen molar-refractivity contribution in [3.63, 3.8) is 0 Å². The molecular weight excluding hydrogens is 252 g/mol. The van der Waals surface area contributed by atoms with Crippen molar-refractivity contribution in [1.82, 2.24) is 10.2 Å². The number of nitrogens with one attached hydrogen (secondary N) is 1. The van der Waals surface area contributed by atoms with Gasteiger partial charge in [0.2, 0.25) is 11.8 Å². The van der Waals surface area contributed by atoms with Crippen LogP contribution in [0.5, 0.6) is 0 Å². The Morgan fingerprint density at radius 3 is 2.89 bits per heavy atom. The van der Waals surface area contributed by atoms with Crippen molar-refractivity contribution in [2.75, 3.05) is 20.2 Å². The molecule has 1 atom stereocenters. The average molecular weight is 268 g/mol. The van der Waals surface area contributed by atoms with E-state index in [0.717, 1.165) is 11.6 Å². The molecule has 0 bridgehead atoms. The minimum Gasteiger partial charge on any atom is -0.394 e. The van der Waals surface area contributed by atoms with E-state index in [0.29, 0.717) is 0 Å². The highest BCUT2D eigenvalue weighted by molar-refractivity contribution is 7.07. The third-order valence-electron chi connectivity index (χ3n) is 2.39. The Morgan fingerprint density at radius 2 is 2.39 bits per heavy atom. The maximum atomic E-state index is 11.7. The van der Waals surface area contributed by atoms with Gasteiger partial charge in [-0.2, -0.15) is 11.3 Å². The molecule has 1 heterocycles. The lowest BCUT2D eigenvalue weighted by atomic mass is 10.1. The van der Waals surface area contributed by atoms with Crippen LogP contribution < -0.4 is 5.32 Å². The van der Waals surface area contributed by atoms with Crippen LogP contribution in [0.4, 0.5) is 0 Å². The Morgan fingerprint density at radius 1 is 1.67 bits per heavy atom. The van der Waals surface area contributed by atoms with Crippen molar-refractivity contribution in [3.05, 3.63) is 35.0 Å². The maximum Gasteiger partial charge on any atom is 0.246 e. The third-order valence-corrected chi connectivity index (χ3v) is 3.10. The van der Waals surface area contributed by atoms with Gasteiger partial charge >= 0.3 is 0 Å². The number of amides is 2. The lowest BCUT2D eigenvalue weighted by molar-refractivity contribution is -0.131. The first-order valence-electron chi connectivity index (χ1n) is 5.38. The molecule has 0 aliphatic heterocycles. The Bertz CT molecular complexity index is 417. The highest BCUT2D eigenvalue weighted by atomic mass is 32.1. The zero-order chi connectivity index (χ0) is 13.5. The van der Waals surface area contributed by atoms with E-state index in [9.17, 15) is 14.7 Å². The van der Waals surface area contributed by atoms with Gasteiger partial charge in [0.15, 0.2) is 0 Å². The van der Waals surface area contributed by atoms with Gasteiger partial charge in [-0.3, -0.25) is 9.59 Å². The van der Waals surface area contributed by atoms with Crippen molar-refractivity contribution in [2.24, 2.45) is 0 Å². The van der Waals surface area contributed by atoms with Gasteiger partial charge in [0.05, 0.1) is 19.2 Å². The van der Waals surface area contributed by atoms with Gasteiger partial charge in [-0.15, -0.1) is 0 Å². The number of hydrogen-bond acceptors (Lipinski definition) is 4. The van der Waals surface area contributed by atoms with Crippen LogP contribution in [0, 0.1) is 0 Å². The van der Waals surface area contributed by atoms with Crippen LogP contribution >= 0.6 is 11.3 Å². The molecule has 2 N–H and O–H groups in total. The molecule has 0 fully saturated rings. The van der Waals surface area contributed by atoms with Gasteiger partial charge in [0, 0.05) is 7.05 Å². The highest BCUT2D eigenvalue weighted by Crippen LogP contribution is 2.15. The second-order valence-electron chi connectivity index (χ2n) is 3.76. The smallest absolute Gasteiger partial charge is 0.246 e. The van der Waals surface area contributed by atoms with Crippen molar-refractivity contribution >= 4 is 23.2 Å². The lowest BCUT2D eigenvalue weighted by Gasteiger charge is -2.18. The third kappa shape index (κ3) is 3.97. The molecule has 1 unspecified atom stereocenters. The summed E-state index contributed by atoms with van der Waals surface area (Å²) in [5.41, 5.74) is 0.855. The Labute approximate surface area is 110 Å². The average Bonchev–Trinajstić information content (AvgIpc) is 2.88. The zero-order valence-corrected chi connectivity index (χ0v) is 10.9. The summed E-state index contributed by atoms with van der Waals surface area (Å²) < 4.78 is 0. The number of likely N-dealkylation sites (N-methyl/N-ethyl adjacent to an activating group) is 1. The van der Waals surface area contributed by atoms with Gasteiger partial charge in [-0.05, 0) is 28.5 Å². The van der Waals surface area contributed by atoms with E-state index in [1.807, 2.05) is 16.8 Å². The maximum absolute atomic E-state index is 11.7. The number of nitrogens with zero attached hydrogens (tertiary/aromatic N) is 1. The molecule has 0 saturated carbocycles. The van der Waals surface area contributed by atoms with Crippen molar-refractivity contribution in [2.45, 2.75) is 6.04 Å². The second kappa shape index (κ2) is 6.93. The van der Waals surface area contributed by atoms with Gasteiger partial charge in [-0.1, -0.05) is 6.58 Å². The van der Waals surface area contributed by atoms with Gasteiger partial charge < -0.3 is 15.3 Å². The number of aliphatic hydroxyl groups is 1. The van der Waals surface area contributed by atoms with Crippen LogP contribution in [0.2, 0.25) is 0 Å². The quantitative estimate of drug-likeness (QED) is 0.740. The molecule has 0 radical (unpaired) electrons. The van der Waals surface area contributed by atoms with E-state index >= 15 is 0 Å². The number of carbonyl (C=O) groups is 2. The molecule has 5 nitrogen and oxygen atoms in total. The SMILES string of the molecule is C=CC(=O)N(C)CC(=O)NC(CO)c1ccsc1. The fraction of sp³-hybridized carbons (Fsp3) is 0.333. The lowest BCUT2D eigenvalue weighted by Crippen LogP contribution is -2.40. The van der Waals surface area contributed by atoms with Crippen LogP contribution in [0.25, 0.3) is 0 Å². The summed E-state index contributed by atoms with van der Waals surface area (Å²) in [6.45, 7) is 3.10. The van der Waals surface area contributed by atoms with Crippen molar-refractivity contribution < 1.29 is 14.7 Å². The van der Waals surface area contributed by atoms with Gasteiger partial charge in [0.25, 0.3) is 0 Å². The van der Waals surface area contributed by atoms with E-state index in [4.69, 9.17) is 0 Å². The van der Waals surface area contributed by atoms with Crippen LogP contribution in [0.3, 0.4) is 0 Å². The van der Waals surface area contributed by atoms with E-state index < -0.39 is 6.04 Å². The minimum atomic E-state index is -0.434. The van der Waals surface area contributed by atoms with Crippen molar-refractivity contribution in [1.29, 1.82) is 0 Å². The van der Waals surface area contributed by atoms with E-state index in [-0.39, 0.29) is 25.0 Å². The fourth-order valence-corrected chi connectivity index (χ4v) is 2.11. The summed E-state index contributed by atoms with van der Waals surface area (Å²) in [6, 6.07) is 1.40. The summed E-state index contributed by atoms with van der Waals surface area (Å²) in [4.78, 5) is 24.2. The Hall–Kier alpha value is -1.66. The number of thiophene rings is 1. The Kier molecular flexibility index (Phi) is 5.54. The van der Waals surface area contributed by atoms with Crippen molar-refractivity contribution in [3.8, 4) is 0 Å². The zero-order valence-electron chi connectivity index (χ0n) is 10.1. The molecule has 98 valence electrons. The number of carbonyl (C=O) groups excluding carboxylic acids is 2. The summed E-state index contributed by atoms with van der Waals surface area (Å²) in [5.74, 6) is -0.640. The topological polar surface area (TPSA) is 69.6 Å². The Balaban J connectivity index is 2.53. The number of hydrogen-bond donors (Lipinski definition) is 2. The van der Waals surface area contributed by atoms with Crippen LogP contribution in [0.15, 0.2) is 29.5 Å². The molecule has 0 aromatic carbocycles. The standard InChI is InChI=1S/C12H16N2O3S/c1-3-12(17)14(2)6-11(16)13-10(7-15)9-4-5-18-8-9/h3-5,8,10,15H,1,6-7H2,2H3,(H,13,16). The molecule has 6 heteroatoms. The highest BCUT2D eigenvalue weighted by Gasteiger charge is 2.16. The first-order valence-corrected chi connectivity index (χ1v) is 6.32. The van der Waals surface area contributed by atoms with E-state index in [2.05, 4.69) is 11.9 Å². The molecule has 2 amide bonds. The first kappa shape index (κ1) is 14.4. The van der Waals surface area contributed by atoms with Gasteiger partial charge in [0.1, 0.15) is 0 Å².